The van der Waals surface area contributed by atoms with E-state index in [-0.39, 0.29) is 23.4 Å². The third-order valence-electron chi connectivity index (χ3n) is 4.88. The zero-order chi connectivity index (χ0) is 15.9. The molecule has 0 aliphatic heterocycles. The number of hydrogen-bond acceptors (Lipinski definition) is 2. The van der Waals surface area contributed by atoms with Gasteiger partial charge in [0.2, 0.25) is 5.91 Å². The predicted molar refractivity (Wildman–Crippen MR) is 77.1 cm³/mol. The molecule has 0 radical (unpaired) electrons. The third-order valence-corrected chi connectivity index (χ3v) is 4.88. The van der Waals surface area contributed by atoms with E-state index in [0.29, 0.717) is 17.5 Å². The van der Waals surface area contributed by atoms with Crippen LogP contribution in [0.25, 0.3) is 0 Å². The molecule has 1 aromatic carbocycles. The Balaban J connectivity index is 1.68. The molecular formula is C16H19F3N2O. The van der Waals surface area contributed by atoms with E-state index in [1.807, 2.05) is 0 Å². The van der Waals surface area contributed by atoms with Gasteiger partial charge in [-0.15, -0.1) is 0 Å². The minimum Gasteiger partial charge on any atom is -0.327 e. The van der Waals surface area contributed by atoms with Crippen LogP contribution in [0.2, 0.25) is 0 Å². The molecule has 0 aromatic heterocycles. The van der Waals surface area contributed by atoms with Crippen molar-refractivity contribution in [3.8, 4) is 0 Å². The molecule has 1 amide bonds. The van der Waals surface area contributed by atoms with Crippen LogP contribution < -0.4 is 11.1 Å². The molecular weight excluding hydrogens is 293 g/mol. The van der Waals surface area contributed by atoms with Crippen LogP contribution in [0.15, 0.2) is 24.3 Å². The highest BCUT2D eigenvalue weighted by molar-refractivity contribution is 5.93. The zero-order valence-corrected chi connectivity index (χ0v) is 12.1. The average molecular weight is 312 g/mol. The summed E-state index contributed by atoms with van der Waals surface area (Å²) in [6.45, 7) is 0. The van der Waals surface area contributed by atoms with Crippen molar-refractivity contribution in [2.75, 3.05) is 5.32 Å². The second-order valence-corrected chi connectivity index (χ2v) is 6.42. The van der Waals surface area contributed by atoms with E-state index < -0.39 is 12.6 Å². The van der Waals surface area contributed by atoms with E-state index in [0.717, 1.165) is 19.3 Å². The molecule has 2 aliphatic rings. The first-order valence-corrected chi connectivity index (χ1v) is 7.55. The van der Waals surface area contributed by atoms with Crippen LogP contribution >= 0.6 is 0 Å². The summed E-state index contributed by atoms with van der Waals surface area (Å²) in [6.07, 6.45) is -2.16. The highest BCUT2D eigenvalue weighted by Gasteiger charge is 2.49. The molecule has 4 atom stereocenters. The molecule has 22 heavy (non-hydrogen) atoms. The van der Waals surface area contributed by atoms with Crippen molar-refractivity contribution < 1.29 is 18.0 Å². The van der Waals surface area contributed by atoms with Crippen LogP contribution in [0.3, 0.4) is 0 Å². The summed E-state index contributed by atoms with van der Waals surface area (Å²) < 4.78 is 37.3. The van der Waals surface area contributed by atoms with Gasteiger partial charge in [0.1, 0.15) is 0 Å². The van der Waals surface area contributed by atoms with Gasteiger partial charge in [-0.05, 0) is 48.8 Å². The van der Waals surface area contributed by atoms with Crippen LogP contribution in [0, 0.1) is 17.8 Å². The number of carbonyl (C=O) groups excluding carboxylic acids is 1. The van der Waals surface area contributed by atoms with E-state index in [2.05, 4.69) is 5.32 Å². The number of benzene rings is 1. The fraction of sp³-hybridized carbons (Fsp3) is 0.562. The van der Waals surface area contributed by atoms with Crippen molar-refractivity contribution >= 4 is 11.6 Å². The van der Waals surface area contributed by atoms with Gasteiger partial charge in [-0.25, -0.2) is 0 Å². The third kappa shape index (κ3) is 3.11. The Morgan fingerprint density at radius 1 is 1.27 bits per heavy atom. The number of nitrogens with two attached hydrogens (primary N) is 1. The SMILES string of the molecule is NC1C2CCC(C2)C1C(=O)Nc1cccc(CC(F)(F)F)c1. The van der Waals surface area contributed by atoms with E-state index in [9.17, 15) is 18.0 Å². The maximum absolute atomic E-state index is 12.4. The molecule has 2 saturated carbocycles. The Bertz CT molecular complexity index is 571. The summed E-state index contributed by atoms with van der Waals surface area (Å²) in [7, 11) is 0. The second kappa shape index (κ2) is 5.57. The average Bonchev–Trinajstić information content (AvgIpc) is 2.97. The molecule has 2 bridgehead atoms. The molecule has 120 valence electrons. The molecule has 3 rings (SSSR count). The van der Waals surface area contributed by atoms with E-state index >= 15 is 0 Å². The maximum Gasteiger partial charge on any atom is 0.393 e. The van der Waals surface area contributed by atoms with E-state index in [1.54, 1.807) is 6.07 Å². The normalized spacial score (nSPS) is 30.5. The van der Waals surface area contributed by atoms with Crippen LogP contribution in [0.4, 0.5) is 18.9 Å². The molecule has 0 saturated heterocycles. The standard InChI is InChI=1S/C16H19F3N2O/c17-16(18,19)8-9-2-1-3-12(6-9)21-15(22)13-10-4-5-11(7-10)14(13)20/h1-3,6,10-11,13-14H,4-5,7-8,20H2,(H,21,22). The van der Waals surface area contributed by atoms with Gasteiger partial charge in [0.25, 0.3) is 0 Å². The predicted octanol–water partition coefficient (Wildman–Crippen LogP) is 3.10. The number of alkyl halides is 3. The molecule has 4 unspecified atom stereocenters. The summed E-state index contributed by atoms with van der Waals surface area (Å²) in [5.74, 6) is 0.351. The van der Waals surface area contributed by atoms with Gasteiger partial charge in [-0.3, -0.25) is 4.79 Å². The quantitative estimate of drug-likeness (QED) is 0.901. The molecule has 2 fully saturated rings. The summed E-state index contributed by atoms with van der Waals surface area (Å²) in [4.78, 5) is 12.4. The number of hydrogen-bond donors (Lipinski definition) is 2. The molecule has 0 heterocycles. The first-order valence-electron chi connectivity index (χ1n) is 7.55. The first kappa shape index (κ1) is 15.3. The number of fused-ring (bicyclic) bond motifs is 2. The minimum atomic E-state index is -4.25. The second-order valence-electron chi connectivity index (χ2n) is 6.42. The highest BCUT2D eigenvalue weighted by Crippen LogP contribution is 2.47. The summed E-state index contributed by atoms with van der Waals surface area (Å²) in [5.41, 5.74) is 6.67. The van der Waals surface area contributed by atoms with E-state index in [1.165, 1.54) is 18.2 Å². The fourth-order valence-electron chi connectivity index (χ4n) is 3.94. The lowest BCUT2D eigenvalue weighted by Gasteiger charge is -2.27. The number of nitrogens with one attached hydrogen (secondary N) is 1. The fourth-order valence-corrected chi connectivity index (χ4v) is 3.94. The number of halogens is 3. The highest BCUT2D eigenvalue weighted by atomic mass is 19.4. The van der Waals surface area contributed by atoms with Crippen LogP contribution in [-0.2, 0) is 11.2 Å². The Hall–Kier alpha value is -1.56. The van der Waals surface area contributed by atoms with Gasteiger partial charge in [0.15, 0.2) is 0 Å². The Morgan fingerprint density at radius 2 is 2.00 bits per heavy atom. The molecule has 1 aromatic rings. The van der Waals surface area contributed by atoms with Gasteiger partial charge in [-0.1, -0.05) is 12.1 Å². The number of carbonyl (C=O) groups is 1. The van der Waals surface area contributed by atoms with Gasteiger partial charge in [0.05, 0.1) is 12.3 Å². The first-order chi connectivity index (χ1) is 10.3. The Kier molecular flexibility index (Phi) is 3.89. The van der Waals surface area contributed by atoms with Gasteiger partial charge in [-0.2, -0.15) is 13.2 Å². The largest absolute Gasteiger partial charge is 0.393 e. The van der Waals surface area contributed by atoms with Crippen molar-refractivity contribution in [1.29, 1.82) is 0 Å². The van der Waals surface area contributed by atoms with Crippen molar-refractivity contribution in [3.63, 3.8) is 0 Å². The number of amides is 1. The van der Waals surface area contributed by atoms with Gasteiger partial charge >= 0.3 is 6.18 Å². The minimum absolute atomic E-state index is 0.128. The summed E-state index contributed by atoms with van der Waals surface area (Å²) in [5, 5.41) is 2.74. The lowest BCUT2D eigenvalue weighted by atomic mass is 9.84. The lowest BCUT2D eigenvalue weighted by molar-refractivity contribution is -0.127. The van der Waals surface area contributed by atoms with Crippen molar-refractivity contribution in [1.82, 2.24) is 0 Å². The molecule has 0 spiro atoms. The molecule has 3 nitrogen and oxygen atoms in total. The zero-order valence-electron chi connectivity index (χ0n) is 12.1. The van der Waals surface area contributed by atoms with Crippen LogP contribution in [0.1, 0.15) is 24.8 Å². The maximum atomic E-state index is 12.4. The van der Waals surface area contributed by atoms with Gasteiger partial charge < -0.3 is 11.1 Å². The van der Waals surface area contributed by atoms with Crippen molar-refractivity contribution in [3.05, 3.63) is 29.8 Å². The molecule has 6 heteroatoms. The number of rotatable bonds is 3. The van der Waals surface area contributed by atoms with Crippen LogP contribution in [-0.4, -0.2) is 18.1 Å². The van der Waals surface area contributed by atoms with E-state index in [4.69, 9.17) is 5.73 Å². The Morgan fingerprint density at radius 3 is 2.64 bits per heavy atom. The smallest absolute Gasteiger partial charge is 0.327 e. The molecule has 2 aliphatic carbocycles. The molecule has 3 N–H and O–H groups in total. The Labute approximate surface area is 127 Å². The topological polar surface area (TPSA) is 55.1 Å². The van der Waals surface area contributed by atoms with Crippen LogP contribution in [0.5, 0.6) is 0 Å². The summed E-state index contributed by atoms with van der Waals surface area (Å²) >= 11 is 0. The summed E-state index contributed by atoms with van der Waals surface area (Å²) in [6, 6.07) is 5.79. The number of anilines is 1. The van der Waals surface area contributed by atoms with Gasteiger partial charge in [0, 0.05) is 11.7 Å². The monoisotopic (exact) mass is 312 g/mol. The van der Waals surface area contributed by atoms with Crippen molar-refractivity contribution in [2.24, 2.45) is 23.5 Å². The van der Waals surface area contributed by atoms with Crippen molar-refractivity contribution in [2.45, 2.75) is 37.9 Å². The lowest BCUT2D eigenvalue weighted by Crippen LogP contribution is -2.42.